The van der Waals surface area contributed by atoms with Gasteiger partial charge in [0.05, 0.1) is 6.10 Å². The third kappa shape index (κ3) is 4.39. The molecule has 6 heteroatoms. The summed E-state index contributed by atoms with van der Waals surface area (Å²) < 4.78 is 2.09. The summed E-state index contributed by atoms with van der Waals surface area (Å²) in [6.07, 6.45) is 4.18. The number of β-amino-alcohol motifs (C(OH)–C–C–N with tert-alkyl or cyclic N) is 1. The molecular weight excluding hydrogens is 316 g/mol. The smallest absolute Gasteiger partial charge is 0.317 e. The number of imidazole rings is 1. The summed E-state index contributed by atoms with van der Waals surface area (Å²) in [5.74, 6) is 1.24. The molecule has 1 saturated heterocycles. The molecule has 1 aromatic carbocycles. The van der Waals surface area contributed by atoms with Gasteiger partial charge in [0.2, 0.25) is 0 Å². The second-order valence-corrected chi connectivity index (χ2v) is 6.86. The standard InChI is InChI=1S/C19H26N4O2/c1-14-6-8-23(13-18(14)24)19(25)21-11-16-4-3-5-17(10-16)12-22-9-7-20-15(22)2/h3-5,7,9-10,14,18,24H,6,8,11-13H2,1-2H3,(H,21,25). The molecule has 6 nitrogen and oxygen atoms in total. The van der Waals surface area contributed by atoms with Crippen molar-refractivity contribution >= 4 is 6.03 Å². The Labute approximate surface area is 148 Å². The maximum Gasteiger partial charge on any atom is 0.317 e. The number of aliphatic hydroxyl groups is 1. The average molecular weight is 342 g/mol. The van der Waals surface area contributed by atoms with Crippen LogP contribution in [0, 0.1) is 12.8 Å². The molecule has 2 N–H and O–H groups in total. The zero-order valence-corrected chi connectivity index (χ0v) is 14.9. The Morgan fingerprint density at radius 2 is 2.20 bits per heavy atom. The van der Waals surface area contributed by atoms with Gasteiger partial charge in [0, 0.05) is 38.6 Å². The van der Waals surface area contributed by atoms with Crippen LogP contribution < -0.4 is 5.32 Å². The number of carbonyl (C=O) groups is 1. The van der Waals surface area contributed by atoms with Crippen LogP contribution in [-0.4, -0.2) is 44.8 Å². The monoisotopic (exact) mass is 342 g/mol. The highest BCUT2D eigenvalue weighted by Crippen LogP contribution is 2.17. The first-order chi connectivity index (χ1) is 12.0. The van der Waals surface area contributed by atoms with E-state index in [1.807, 2.05) is 32.2 Å². The van der Waals surface area contributed by atoms with Crippen molar-refractivity contribution in [2.45, 2.75) is 39.5 Å². The number of aryl methyl sites for hydroxylation is 1. The molecule has 1 fully saturated rings. The van der Waals surface area contributed by atoms with Crippen LogP contribution in [0.1, 0.15) is 30.3 Å². The lowest BCUT2D eigenvalue weighted by Gasteiger charge is -2.34. The number of amides is 2. The van der Waals surface area contributed by atoms with Gasteiger partial charge in [-0.25, -0.2) is 9.78 Å². The van der Waals surface area contributed by atoms with Gasteiger partial charge in [0.15, 0.2) is 0 Å². The van der Waals surface area contributed by atoms with Gasteiger partial charge < -0.3 is 19.9 Å². The van der Waals surface area contributed by atoms with E-state index >= 15 is 0 Å². The van der Waals surface area contributed by atoms with E-state index in [1.165, 1.54) is 5.56 Å². The number of rotatable bonds is 4. The molecule has 25 heavy (non-hydrogen) atoms. The maximum atomic E-state index is 12.3. The first-order valence-electron chi connectivity index (χ1n) is 8.79. The molecule has 1 aliphatic rings. The molecule has 2 heterocycles. The summed E-state index contributed by atoms with van der Waals surface area (Å²) in [6.45, 7) is 6.36. The van der Waals surface area contributed by atoms with E-state index in [9.17, 15) is 9.90 Å². The summed E-state index contributed by atoms with van der Waals surface area (Å²) >= 11 is 0. The van der Waals surface area contributed by atoms with Gasteiger partial charge in [0.25, 0.3) is 0 Å². The Hall–Kier alpha value is -2.34. The van der Waals surface area contributed by atoms with Crippen LogP contribution in [0.4, 0.5) is 4.79 Å². The molecule has 2 aromatic rings. The van der Waals surface area contributed by atoms with Gasteiger partial charge in [-0.05, 0) is 30.4 Å². The van der Waals surface area contributed by atoms with Crippen molar-refractivity contribution in [3.8, 4) is 0 Å². The molecule has 1 aliphatic heterocycles. The van der Waals surface area contributed by atoms with Crippen LogP contribution in [0.5, 0.6) is 0 Å². The van der Waals surface area contributed by atoms with E-state index in [-0.39, 0.29) is 11.9 Å². The number of piperidine rings is 1. The van der Waals surface area contributed by atoms with E-state index < -0.39 is 6.10 Å². The molecule has 0 radical (unpaired) electrons. The topological polar surface area (TPSA) is 70.4 Å². The number of aromatic nitrogens is 2. The van der Waals surface area contributed by atoms with Gasteiger partial charge >= 0.3 is 6.03 Å². The van der Waals surface area contributed by atoms with Crippen LogP contribution in [0.15, 0.2) is 36.7 Å². The Balaban J connectivity index is 1.55. The SMILES string of the molecule is Cc1nccn1Cc1cccc(CNC(=O)N2CCC(C)C(O)C2)c1. The van der Waals surface area contributed by atoms with Crippen molar-refractivity contribution in [1.82, 2.24) is 19.8 Å². The molecule has 0 aliphatic carbocycles. The van der Waals surface area contributed by atoms with Crippen molar-refractivity contribution in [1.29, 1.82) is 0 Å². The van der Waals surface area contributed by atoms with Gasteiger partial charge in [0.1, 0.15) is 5.82 Å². The zero-order valence-electron chi connectivity index (χ0n) is 14.9. The molecular formula is C19H26N4O2. The lowest BCUT2D eigenvalue weighted by molar-refractivity contribution is 0.0435. The summed E-state index contributed by atoms with van der Waals surface area (Å²) in [6, 6.07) is 8.09. The van der Waals surface area contributed by atoms with Gasteiger partial charge in [-0.1, -0.05) is 31.2 Å². The Morgan fingerprint density at radius 1 is 1.40 bits per heavy atom. The largest absolute Gasteiger partial charge is 0.391 e. The second kappa shape index (κ2) is 7.70. The number of hydrogen-bond acceptors (Lipinski definition) is 3. The van der Waals surface area contributed by atoms with E-state index in [0.29, 0.717) is 19.6 Å². The molecule has 2 amide bonds. The molecule has 2 atom stereocenters. The van der Waals surface area contributed by atoms with Gasteiger partial charge in [-0.15, -0.1) is 0 Å². The summed E-state index contributed by atoms with van der Waals surface area (Å²) in [5.41, 5.74) is 2.24. The number of urea groups is 1. The molecule has 1 aromatic heterocycles. The van der Waals surface area contributed by atoms with Crippen LogP contribution >= 0.6 is 0 Å². The van der Waals surface area contributed by atoms with Crippen LogP contribution in [0.25, 0.3) is 0 Å². The van der Waals surface area contributed by atoms with Crippen molar-refractivity contribution in [2.75, 3.05) is 13.1 Å². The van der Waals surface area contributed by atoms with Crippen LogP contribution in [0.2, 0.25) is 0 Å². The lowest BCUT2D eigenvalue weighted by atomic mass is 9.96. The summed E-state index contributed by atoms with van der Waals surface area (Å²) in [7, 11) is 0. The molecule has 0 spiro atoms. The van der Waals surface area contributed by atoms with Crippen molar-refractivity contribution in [3.63, 3.8) is 0 Å². The van der Waals surface area contributed by atoms with Crippen LogP contribution in [-0.2, 0) is 13.1 Å². The Kier molecular flexibility index (Phi) is 5.38. The summed E-state index contributed by atoms with van der Waals surface area (Å²) in [4.78, 5) is 18.2. The predicted molar refractivity (Wildman–Crippen MR) is 96.1 cm³/mol. The summed E-state index contributed by atoms with van der Waals surface area (Å²) in [5, 5.41) is 12.9. The third-order valence-electron chi connectivity index (χ3n) is 4.92. The third-order valence-corrected chi connectivity index (χ3v) is 4.92. The number of benzene rings is 1. The number of carbonyl (C=O) groups excluding carboxylic acids is 1. The Morgan fingerprint density at radius 3 is 2.92 bits per heavy atom. The van der Waals surface area contributed by atoms with E-state index in [4.69, 9.17) is 0 Å². The molecule has 0 bridgehead atoms. The minimum atomic E-state index is -0.429. The predicted octanol–water partition coefficient (Wildman–Crippen LogP) is 2.15. The fraction of sp³-hybridized carbons (Fsp3) is 0.474. The average Bonchev–Trinajstić information content (AvgIpc) is 3.00. The van der Waals surface area contributed by atoms with Gasteiger partial charge in [-0.3, -0.25) is 0 Å². The highest BCUT2D eigenvalue weighted by atomic mass is 16.3. The van der Waals surface area contributed by atoms with E-state index in [2.05, 4.69) is 27.0 Å². The van der Waals surface area contributed by atoms with Crippen LogP contribution in [0.3, 0.4) is 0 Å². The Bertz CT molecular complexity index is 728. The van der Waals surface area contributed by atoms with E-state index in [1.54, 1.807) is 11.1 Å². The highest BCUT2D eigenvalue weighted by Gasteiger charge is 2.26. The van der Waals surface area contributed by atoms with Crippen molar-refractivity contribution < 1.29 is 9.90 Å². The normalized spacial score (nSPS) is 20.5. The molecule has 2 unspecified atom stereocenters. The maximum absolute atomic E-state index is 12.3. The fourth-order valence-electron chi connectivity index (χ4n) is 3.13. The minimum Gasteiger partial charge on any atom is -0.391 e. The highest BCUT2D eigenvalue weighted by molar-refractivity contribution is 5.74. The number of likely N-dealkylation sites (tertiary alicyclic amines) is 1. The van der Waals surface area contributed by atoms with Gasteiger partial charge in [-0.2, -0.15) is 0 Å². The second-order valence-electron chi connectivity index (χ2n) is 6.86. The molecule has 0 saturated carbocycles. The minimum absolute atomic E-state index is 0.109. The number of hydrogen-bond donors (Lipinski definition) is 2. The molecule has 134 valence electrons. The zero-order chi connectivity index (χ0) is 17.8. The number of nitrogens with one attached hydrogen (secondary N) is 1. The number of aliphatic hydroxyl groups excluding tert-OH is 1. The quantitative estimate of drug-likeness (QED) is 0.894. The molecule has 3 rings (SSSR count). The van der Waals surface area contributed by atoms with Crippen molar-refractivity contribution in [2.24, 2.45) is 5.92 Å². The lowest BCUT2D eigenvalue weighted by Crippen LogP contribution is -2.49. The first-order valence-corrected chi connectivity index (χ1v) is 8.79. The van der Waals surface area contributed by atoms with Crippen molar-refractivity contribution in [3.05, 3.63) is 53.6 Å². The number of nitrogens with zero attached hydrogens (tertiary/aromatic N) is 3. The fourth-order valence-corrected chi connectivity index (χ4v) is 3.13. The first kappa shape index (κ1) is 17.5. The van der Waals surface area contributed by atoms with E-state index in [0.717, 1.165) is 24.4 Å².